The van der Waals surface area contributed by atoms with E-state index in [0.29, 0.717) is 0 Å². The topological polar surface area (TPSA) is 24.1 Å². The van der Waals surface area contributed by atoms with Crippen molar-refractivity contribution >= 4 is 17.3 Å². The Morgan fingerprint density at radius 2 is 1.88 bits per heavy atom. The lowest BCUT2D eigenvalue weighted by Gasteiger charge is -2.17. The first-order chi connectivity index (χ1) is 8.17. The van der Waals surface area contributed by atoms with Crippen molar-refractivity contribution in [1.29, 1.82) is 0 Å². The van der Waals surface area contributed by atoms with E-state index >= 15 is 0 Å². The highest BCUT2D eigenvalue weighted by Gasteiger charge is 2.06. The fraction of sp³-hybridized carbons (Fsp3) is 0.500. The molecule has 94 valence electrons. The zero-order valence-corrected chi connectivity index (χ0v) is 11.7. The molecule has 0 bridgehead atoms. The first-order valence-corrected chi connectivity index (χ1v) is 6.71. The predicted molar refractivity (Wildman–Crippen MR) is 78.3 cm³/mol. The van der Waals surface area contributed by atoms with Gasteiger partial charge in [0.15, 0.2) is 5.11 Å². The van der Waals surface area contributed by atoms with Gasteiger partial charge >= 0.3 is 0 Å². The van der Waals surface area contributed by atoms with Gasteiger partial charge in [0.2, 0.25) is 0 Å². The summed E-state index contributed by atoms with van der Waals surface area (Å²) in [6, 6.07) is 8.93. The average Bonchev–Trinajstić information content (AvgIpc) is 2.36. The molecule has 0 amide bonds. The molecule has 0 radical (unpaired) electrons. The van der Waals surface area contributed by atoms with Crippen LogP contribution in [0, 0.1) is 0 Å². The van der Waals surface area contributed by atoms with E-state index in [2.05, 4.69) is 55.7 Å². The Hall–Kier alpha value is -1.09. The summed E-state index contributed by atoms with van der Waals surface area (Å²) in [5, 5.41) is 7.20. The standard InChI is InChI=1S/C14H22N2S/c1-4-10-15-14(17)16-11(3)13-8-6-12(5-2)7-9-13/h6-9,11H,4-5,10H2,1-3H3,(H2,15,16,17). The van der Waals surface area contributed by atoms with Gasteiger partial charge in [0.25, 0.3) is 0 Å². The van der Waals surface area contributed by atoms with Gasteiger partial charge < -0.3 is 10.6 Å². The van der Waals surface area contributed by atoms with Gasteiger partial charge in [-0.25, -0.2) is 0 Å². The second kappa shape index (κ2) is 7.28. The number of thiocarbonyl (C=S) groups is 1. The Kier molecular flexibility index (Phi) is 5.98. The molecule has 0 aliphatic rings. The van der Waals surface area contributed by atoms with Crippen LogP contribution in [0.1, 0.15) is 44.4 Å². The molecule has 1 rings (SSSR count). The summed E-state index contributed by atoms with van der Waals surface area (Å²) in [7, 11) is 0. The third-order valence-electron chi connectivity index (χ3n) is 2.77. The minimum Gasteiger partial charge on any atom is -0.363 e. The van der Waals surface area contributed by atoms with Crippen molar-refractivity contribution in [2.45, 2.75) is 39.7 Å². The Balaban J connectivity index is 2.51. The summed E-state index contributed by atoms with van der Waals surface area (Å²) in [6.45, 7) is 7.34. The van der Waals surface area contributed by atoms with Gasteiger partial charge in [-0.05, 0) is 43.1 Å². The normalized spacial score (nSPS) is 11.9. The predicted octanol–water partition coefficient (Wildman–Crippen LogP) is 3.18. The van der Waals surface area contributed by atoms with Gasteiger partial charge in [0.1, 0.15) is 0 Å². The van der Waals surface area contributed by atoms with Crippen LogP contribution in [0.5, 0.6) is 0 Å². The number of hydrogen-bond acceptors (Lipinski definition) is 1. The Morgan fingerprint density at radius 1 is 1.24 bits per heavy atom. The molecule has 17 heavy (non-hydrogen) atoms. The van der Waals surface area contributed by atoms with E-state index in [-0.39, 0.29) is 6.04 Å². The second-order valence-corrected chi connectivity index (χ2v) is 4.63. The number of aryl methyl sites for hydroxylation is 1. The molecule has 1 atom stereocenters. The summed E-state index contributed by atoms with van der Waals surface area (Å²) in [5.74, 6) is 0. The van der Waals surface area contributed by atoms with Crippen LogP contribution >= 0.6 is 12.2 Å². The quantitative estimate of drug-likeness (QED) is 0.785. The third kappa shape index (κ3) is 4.73. The lowest BCUT2D eigenvalue weighted by molar-refractivity contribution is 0.694. The molecular weight excluding hydrogens is 228 g/mol. The minimum absolute atomic E-state index is 0.248. The Bertz CT molecular complexity index is 346. The molecule has 0 heterocycles. The fourth-order valence-corrected chi connectivity index (χ4v) is 1.89. The van der Waals surface area contributed by atoms with Crippen LogP contribution in [0.15, 0.2) is 24.3 Å². The van der Waals surface area contributed by atoms with Crippen molar-refractivity contribution in [1.82, 2.24) is 10.6 Å². The van der Waals surface area contributed by atoms with Gasteiger partial charge in [-0.15, -0.1) is 0 Å². The molecule has 0 aromatic heterocycles. The van der Waals surface area contributed by atoms with E-state index in [1.54, 1.807) is 0 Å². The van der Waals surface area contributed by atoms with Gasteiger partial charge in [0.05, 0.1) is 6.04 Å². The van der Waals surface area contributed by atoms with E-state index in [0.717, 1.165) is 24.5 Å². The van der Waals surface area contributed by atoms with Crippen LogP contribution in [0.25, 0.3) is 0 Å². The SMILES string of the molecule is CCCNC(=S)NC(C)c1ccc(CC)cc1. The van der Waals surface area contributed by atoms with Crippen LogP contribution < -0.4 is 10.6 Å². The van der Waals surface area contributed by atoms with E-state index in [9.17, 15) is 0 Å². The van der Waals surface area contributed by atoms with Crippen molar-refractivity contribution in [2.24, 2.45) is 0 Å². The average molecular weight is 250 g/mol. The lowest BCUT2D eigenvalue weighted by Crippen LogP contribution is -2.37. The highest BCUT2D eigenvalue weighted by molar-refractivity contribution is 7.80. The molecule has 2 N–H and O–H groups in total. The summed E-state index contributed by atoms with van der Waals surface area (Å²) in [6.07, 6.45) is 2.17. The minimum atomic E-state index is 0.248. The number of nitrogens with one attached hydrogen (secondary N) is 2. The maximum Gasteiger partial charge on any atom is 0.166 e. The highest BCUT2D eigenvalue weighted by Crippen LogP contribution is 2.13. The molecule has 0 aliphatic heterocycles. The van der Waals surface area contributed by atoms with Crippen LogP contribution in [0.3, 0.4) is 0 Å². The number of hydrogen-bond donors (Lipinski definition) is 2. The van der Waals surface area contributed by atoms with Gasteiger partial charge in [-0.1, -0.05) is 38.1 Å². The van der Waals surface area contributed by atoms with Crippen molar-refractivity contribution in [3.05, 3.63) is 35.4 Å². The summed E-state index contributed by atoms with van der Waals surface area (Å²) in [4.78, 5) is 0. The summed E-state index contributed by atoms with van der Waals surface area (Å²) < 4.78 is 0. The summed E-state index contributed by atoms with van der Waals surface area (Å²) >= 11 is 5.22. The maximum atomic E-state index is 5.22. The second-order valence-electron chi connectivity index (χ2n) is 4.22. The third-order valence-corrected chi connectivity index (χ3v) is 3.03. The molecule has 0 spiro atoms. The first-order valence-electron chi connectivity index (χ1n) is 6.30. The van der Waals surface area contributed by atoms with Crippen LogP contribution in [-0.4, -0.2) is 11.7 Å². The first kappa shape index (κ1) is 14.0. The molecule has 1 aromatic carbocycles. The Morgan fingerprint density at radius 3 is 2.41 bits per heavy atom. The molecule has 0 saturated carbocycles. The molecule has 3 heteroatoms. The lowest BCUT2D eigenvalue weighted by atomic mass is 10.1. The van der Waals surface area contributed by atoms with E-state index in [1.165, 1.54) is 11.1 Å². The van der Waals surface area contributed by atoms with Crippen LogP contribution in [0.4, 0.5) is 0 Å². The number of benzene rings is 1. The van der Waals surface area contributed by atoms with E-state index < -0.39 is 0 Å². The zero-order chi connectivity index (χ0) is 12.7. The number of rotatable bonds is 5. The van der Waals surface area contributed by atoms with E-state index in [1.807, 2.05) is 0 Å². The molecule has 1 unspecified atom stereocenters. The zero-order valence-electron chi connectivity index (χ0n) is 10.9. The molecular formula is C14H22N2S. The molecule has 0 saturated heterocycles. The largest absolute Gasteiger partial charge is 0.363 e. The van der Waals surface area contributed by atoms with Crippen molar-refractivity contribution in [3.63, 3.8) is 0 Å². The van der Waals surface area contributed by atoms with Crippen molar-refractivity contribution < 1.29 is 0 Å². The Labute approximate surface area is 110 Å². The van der Waals surface area contributed by atoms with Crippen LogP contribution in [0.2, 0.25) is 0 Å². The summed E-state index contributed by atoms with van der Waals surface area (Å²) in [5.41, 5.74) is 2.63. The molecule has 2 nitrogen and oxygen atoms in total. The van der Waals surface area contributed by atoms with Gasteiger partial charge in [0, 0.05) is 6.54 Å². The van der Waals surface area contributed by atoms with Crippen molar-refractivity contribution in [3.8, 4) is 0 Å². The van der Waals surface area contributed by atoms with Gasteiger partial charge in [-0.2, -0.15) is 0 Å². The molecule has 0 fully saturated rings. The molecule has 1 aromatic rings. The monoisotopic (exact) mass is 250 g/mol. The van der Waals surface area contributed by atoms with Crippen molar-refractivity contribution in [2.75, 3.05) is 6.54 Å². The highest BCUT2D eigenvalue weighted by atomic mass is 32.1. The fourth-order valence-electron chi connectivity index (χ4n) is 1.61. The smallest absolute Gasteiger partial charge is 0.166 e. The van der Waals surface area contributed by atoms with Gasteiger partial charge in [-0.3, -0.25) is 0 Å². The maximum absolute atomic E-state index is 5.22. The molecule has 0 aliphatic carbocycles. The van der Waals surface area contributed by atoms with E-state index in [4.69, 9.17) is 12.2 Å². The van der Waals surface area contributed by atoms with Crippen LogP contribution in [-0.2, 0) is 6.42 Å².